The third-order valence-electron chi connectivity index (χ3n) is 3.91. The number of amides is 1. The van der Waals surface area contributed by atoms with Gasteiger partial charge in [0.25, 0.3) is 11.6 Å². The molecule has 1 fully saturated rings. The third-order valence-corrected chi connectivity index (χ3v) is 3.91. The lowest BCUT2D eigenvalue weighted by molar-refractivity contribution is -0.384. The Morgan fingerprint density at radius 2 is 2.05 bits per heavy atom. The predicted molar refractivity (Wildman–Crippen MR) is 74.6 cm³/mol. The molecule has 3 rings (SSSR count). The monoisotopic (exact) mass is 273 g/mol. The molecule has 2 aliphatic rings. The number of carbonyl (C=O) groups is 1. The zero-order chi connectivity index (χ0) is 14.1. The second-order valence-corrected chi connectivity index (χ2v) is 5.23. The molecule has 0 N–H and O–H groups in total. The van der Waals surface area contributed by atoms with Crippen molar-refractivity contribution in [2.24, 2.45) is 11.0 Å². The van der Waals surface area contributed by atoms with E-state index in [4.69, 9.17) is 0 Å². The number of nitro benzene ring substituents is 1. The van der Waals surface area contributed by atoms with E-state index < -0.39 is 4.92 Å². The number of hydrogen-bond acceptors (Lipinski definition) is 4. The molecule has 0 spiro atoms. The largest absolute Gasteiger partial charge is 0.272 e. The highest BCUT2D eigenvalue weighted by Crippen LogP contribution is 2.32. The van der Waals surface area contributed by atoms with E-state index in [0.717, 1.165) is 18.6 Å². The van der Waals surface area contributed by atoms with Crippen LogP contribution in [0.1, 0.15) is 32.1 Å². The molecule has 0 radical (unpaired) electrons. The summed E-state index contributed by atoms with van der Waals surface area (Å²) in [5.74, 6) is 0.301. The Morgan fingerprint density at radius 1 is 1.30 bits per heavy atom. The fourth-order valence-corrected chi connectivity index (χ4v) is 2.87. The van der Waals surface area contributed by atoms with Crippen LogP contribution in [0.25, 0.3) is 0 Å². The van der Waals surface area contributed by atoms with Crippen LogP contribution in [0.15, 0.2) is 29.4 Å². The number of nitro groups is 1. The van der Waals surface area contributed by atoms with Crippen LogP contribution in [-0.4, -0.2) is 16.5 Å². The van der Waals surface area contributed by atoms with Gasteiger partial charge in [0.2, 0.25) is 0 Å². The number of anilines is 1. The minimum Gasteiger partial charge on any atom is -0.272 e. The van der Waals surface area contributed by atoms with Crippen molar-refractivity contribution in [3.8, 4) is 0 Å². The van der Waals surface area contributed by atoms with Gasteiger partial charge in [-0.25, -0.2) is 5.01 Å². The molecule has 6 heteroatoms. The van der Waals surface area contributed by atoms with Crippen molar-refractivity contribution in [2.75, 3.05) is 5.01 Å². The first-order valence-electron chi connectivity index (χ1n) is 6.80. The molecule has 1 aromatic rings. The lowest BCUT2D eigenvalue weighted by Crippen LogP contribution is -2.19. The van der Waals surface area contributed by atoms with Gasteiger partial charge in [-0.05, 0) is 24.8 Å². The summed E-state index contributed by atoms with van der Waals surface area (Å²) < 4.78 is 0. The van der Waals surface area contributed by atoms with Crippen molar-refractivity contribution in [1.82, 2.24) is 0 Å². The van der Waals surface area contributed by atoms with Crippen LogP contribution < -0.4 is 5.01 Å². The van der Waals surface area contributed by atoms with E-state index in [1.807, 2.05) is 0 Å². The molecule has 0 saturated heterocycles. The molecule has 1 amide bonds. The minimum atomic E-state index is -0.467. The second-order valence-electron chi connectivity index (χ2n) is 5.23. The van der Waals surface area contributed by atoms with Crippen molar-refractivity contribution in [1.29, 1.82) is 0 Å². The molecule has 104 valence electrons. The summed E-state index contributed by atoms with van der Waals surface area (Å²) in [5.41, 5.74) is 1.37. The molecule has 0 atom stereocenters. The Bertz CT molecular complexity index is 591. The van der Waals surface area contributed by atoms with Crippen LogP contribution in [0.5, 0.6) is 0 Å². The van der Waals surface area contributed by atoms with Gasteiger partial charge in [0, 0.05) is 12.1 Å². The molecule has 0 unspecified atom stereocenters. The molecular formula is C14H15N3O3. The molecule has 1 saturated carbocycles. The summed E-state index contributed by atoms with van der Waals surface area (Å²) in [7, 11) is 0. The fourth-order valence-electron chi connectivity index (χ4n) is 2.87. The Balaban J connectivity index is 1.87. The first-order chi connectivity index (χ1) is 9.65. The smallest absolute Gasteiger partial charge is 0.271 e. The lowest BCUT2D eigenvalue weighted by Gasteiger charge is -2.11. The number of hydrazone groups is 1. The molecular weight excluding hydrogens is 258 g/mol. The van der Waals surface area contributed by atoms with Crippen molar-refractivity contribution >= 4 is 23.0 Å². The average molecular weight is 273 g/mol. The van der Waals surface area contributed by atoms with E-state index >= 15 is 0 Å². The molecule has 20 heavy (non-hydrogen) atoms. The van der Waals surface area contributed by atoms with Crippen molar-refractivity contribution in [3.63, 3.8) is 0 Å². The van der Waals surface area contributed by atoms with Gasteiger partial charge in [-0.3, -0.25) is 14.9 Å². The summed E-state index contributed by atoms with van der Waals surface area (Å²) in [6.45, 7) is 0. The number of benzene rings is 1. The molecule has 0 bridgehead atoms. The Morgan fingerprint density at radius 3 is 2.75 bits per heavy atom. The number of hydrogen-bond donors (Lipinski definition) is 0. The Labute approximate surface area is 116 Å². The zero-order valence-corrected chi connectivity index (χ0v) is 11.0. The van der Waals surface area contributed by atoms with Crippen LogP contribution >= 0.6 is 0 Å². The number of rotatable bonds is 3. The van der Waals surface area contributed by atoms with Gasteiger partial charge in [0.05, 0.1) is 22.7 Å². The van der Waals surface area contributed by atoms with Crippen LogP contribution in [-0.2, 0) is 4.79 Å². The van der Waals surface area contributed by atoms with Crippen LogP contribution in [0.2, 0.25) is 0 Å². The summed E-state index contributed by atoms with van der Waals surface area (Å²) in [6, 6.07) is 6.04. The SMILES string of the molecule is O=C1CC(C2CCCC2)=NN1c1cccc([N+](=O)[O-])c1. The van der Waals surface area contributed by atoms with E-state index in [9.17, 15) is 14.9 Å². The minimum absolute atomic E-state index is 0.0279. The van der Waals surface area contributed by atoms with Gasteiger partial charge < -0.3 is 0 Å². The molecule has 1 heterocycles. The summed E-state index contributed by atoms with van der Waals surface area (Å²) in [5, 5.41) is 16.5. The lowest BCUT2D eigenvalue weighted by atomic mass is 10.00. The van der Waals surface area contributed by atoms with Crippen LogP contribution in [0, 0.1) is 16.0 Å². The predicted octanol–water partition coefficient (Wildman–Crippen LogP) is 2.88. The topological polar surface area (TPSA) is 75.8 Å². The molecule has 1 aliphatic carbocycles. The standard InChI is InChI=1S/C14H15N3O3/c18-14-9-13(10-4-1-2-5-10)15-16(14)11-6-3-7-12(8-11)17(19)20/h3,6-8,10H,1-2,4-5,9H2. The quantitative estimate of drug-likeness (QED) is 0.627. The van der Waals surface area contributed by atoms with E-state index in [0.29, 0.717) is 18.0 Å². The Kier molecular flexibility index (Phi) is 3.22. The van der Waals surface area contributed by atoms with E-state index in [2.05, 4.69) is 5.10 Å². The number of nitrogens with zero attached hydrogens (tertiary/aromatic N) is 3. The van der Waals surface area contributed by atoms with E-state index in [-0.39, 0.29) is 11.6 Å². The van der Waals surface area contributed by atoms with Crippen molar-refractivity contribution < 1.29 is 9.72 Å². The highest BCUT2D eigenvalue weighted by molar-refractivity contribution is 6.13. The van der Waals surface area contributed by atoms with Crippen molar-refractivity contribution in [2.45, 2.75) is 32.1 Å². The first kappa shape index (κ1) is 12.8. The maximum absolute atomic E-state index is 12.1. The van der Waals surface area contributed by atoms with Gasteiger partial charge in [-0.15, -0.1) is 0 Å². The van der Waals surface area contributed by atoms with Gasteiger partial charge >= 0.3 is 0 Å². The molecule has 6 nitrogen and oxygen atoms in total. The van der Waals surface area contributed by atoms with E-state index in [1.54, 1.807) is 12.1 Å². The first-order valence-corrected chi connectivity index (χ1v) is 6.80. The highest BCUT2D eigenvalue weighted by atomic mass is 16.6. The van der Waals surface area contributed by atoms with Gasteiger partial charge in [0.15, 0.2) is 0 Å². The van der Waals surface area contributed by atoms with Crippen LogP contribution in [0.4, 0.5) is 11.4 Å². The van der Waals surface area contributed by atoms with Crippen LogP contribution in [0.3, 0.4) is 0 Å². The normalized spacial score (nSPS) is 19.5. The van der Waals surface area contributed by atoms with E-state index in [1.165, 1.54) is 30.0 Å². The maximum Gasteiger partial charge on any atom is 0.271 e. The molecule has 1 aliphatic heterocycles. The van der Waals surface area contributed by atoms with Gasteiger partial charge in [0.1, 0.15) is 0 Å². The summed E-state index contributed by atoms with van der Waals surface area (Å²) >= 11 is 0. The van der Waals surface area contributed by atoms with Crippen molar-refractivity contribution in [3.05, 3.63) is 34.4 Å². The highest BCUT2D eigenvalue weighted by Gasteiger charge is 2.31. The van der Waals surface area contributed by atoms with Gasteiger partial charge in [-0.2, -0.15) is 5.10 Å². The average Bonchev–Trinajstić information content (AvgIpc) is 3.07. The summed E-state index contributed by atoms with van der Waals surface area (Å²) in [6.07, 6.45) is 4.90. The Hall–Kier alpha value is -2.24. The number of non-ortho nitro benzene ring substituents is 1. The third kappa shape index (κ3) is 2.29. The maximum atomic E-state index is 12.1. The molecule has 1 aromatic carbocycles. The molecule has 0 aromatic heterocycles. The zero-order valence-electron chi connectivity index (χ0n) is 11.0. The summed E-state index contributed by atoms with van der Waals surface area (Å²) in [4.78, 5) is 22.4. The fraction of sp³-hybridized carbons (Fsp3) is 0.429. The van der Waals surface area contributed by atoms with Gasteiger partial charge in [-0.1, -0.05) is 18.9 Å². The number of carbonyl (C=O) groups excluding carboxylic acids is 1. The second kappa shape index (κ2) is 5.03.